The van der Waals surface area contributed by atoms with Crippen molar-refractivity contribution in [2.75, 3.05) is 11.5 Å². The summed E-state index contributed by atoms with van der Waals surface area (Å²) in [6, 6.07) is 8.27. The average molecular weight is 348 g/mol. The van der Waals surface area contributed by atoms with E-state index in [1.54, 1.807) is 24.3 Å². The van der Waals surface area contributed by atoms with Gasteiger partial charge in [0.1, 0.15) is 5.75 Å². The minimum absolute atomic E-state index is 0.272. The topological polar surface area (TPSA) is 46.6 Å². The molecule has 2 aliphatic rings. The van der Waals surface area contributed by atoms with Gasteiger partial charge in [0.25, 0.3) is 11.8 Å². The molecule has 0 aromatic heterocycles. The third kappa shape index (κ3) is 2.06. The predicted molar refractivity (Wildman–Crippen MR) is 87.9 cm³/mol. The Morgan fingerprint density at radius 2 is 1.65 bits per heavy atom. The Balaban J connectivity index is 1.93. The van der Waals surface area contributed by atoms with Crippen molar-refractivity contribution in [3.05, 3.63) is 57.1 Å². The van der Waals surface area contributed by atoms with Gasteiger partial charge >= 0.3 is 0 Å². The number of halogens is 2. The van der Waals surface area contributed by atoms with Gasteiger partial charge in [0, 0.05) is 5.56 Å². The Bertz CT molecular complexity index is 828. The second-order valence-corrected chi connectivity index (χ2v) is 6.25. The zero-order valence-electron chi connectivity index (χ0n) is 11.9. The highest BCUT2D eigenvalue weighted by atomic mass is 35.5. The lowest BCUT2D eigenvalue weighted by Gasteiger charge is -2.26. The molecule has 116 valence electrons. The number of rotatable bonds is 1. The lowest BCUT2D eigenvalue weighted by atomic mass is 10.0. The number of ether oxygens (including phenoxy) is 1. The van der Waals surface area contributed by atoms with E-state index in [1.807, 2.05) is 0 Å². The maximum absolute atomic E-state index is 12.7. The molecule has 0 bridgehead atoms. The zero-order chi connectivity index (χ0) is 16.1. The van der Waals surface area contributed by atoms with Crippen molar-refractivity contribution >= 4 is 40.7 Å². The molecule has 0 atom stereocenters. The smallest absolute Gasteiger partial charge is 0.266 e. The molecule has 0 saturated carbocycles. The first kappa shape index (κ1) is 14.5. The fraction of sp³-hybridized carbons (Fsp3) is 0.176. The molecule has 2 aliphatic heterocycles. The molecule has 0 aliphatic carbocycles. The Hall–Kier alpha value is -2.04. The van der Waals surface area contributed by atoms with Crippen molar-refractivity contribution in [2.24, 2.45) is 0 Å². The molecule has 0 radical (unpaired) electrons. The van der Waals surface area contributed by atoms with Gasteiger partial charge in [0.05, 0.1) is 33.5 Å². The summed E-state index contributed by atoms with van der Waals surface area (Å²) < 4.78 is 5.62. The highest BCUT2D eigenvalue weighted by Crippen LogP contribution is 2.45. The summed E-state index contributed by atoms with van der Waals surface area (Å²) in [5.74, 6) is -0.237. The molecule has 0 saturated heterocycles. The third-order valence-corrected chi connectivity index (χ3v) is 4.66. The van der Waals surface area contributed by atoms with E-state index in [1.165, 1.54) is 6.07 Å². The molecule has 2 aromatic rings. The van der Waals surface area contributed by atoms with E-state index in [4.69, 9.17) is 27.9 Å². The lowest BCUT2D eigenvalue weighted by molar-refractivity contribution is 0.0925. The largest absolute Gasteiger partial charge is 0.492 e. The predicted octanol–water partition coefficient (Wildman–Crippen LogP) is 4.12. The van der Waals surface area contributed by atoms with Gasteiger partial charge in [-0.2, -0.15) is 0 Å². The molecule has 4 rings (SSSR count). The van der Waals surface area contributed by atoms with Gasteiger partial charge in [0.2, 0.25) is 0 Å². The van der Waals surface area contributed by atoms with Crippen molar-refractivity contribution in [1.29, 1.82) is 0 Å². The van der Waals surface area contributed by atoms with Crippen LogP contribution in [0.5, 0.6) is 5.75 Å². The van der Waals surface area contributed by atoms with Crippen LogP contribution in [0.2, 0.25) is 10.0 Å². The number of amides is 2. The highest BCUT2D eigenvalue weighted by molar-refractivity contribution is 6.42. The van der Waals surface area contributed by atoms with Gasteiger partial charge in [-0.1, -0.05) is 35.3 Å². The Labute approximate surface area is 142 Å². The van der Waals surface area contributed by atoms with Gasteiger partial charge in [-0.05, 0) is 31.0 Å². The molecule has 2 aromatic carbocycles. The number of hydrogen-bond donors (Lipinski definition) is 0. The summed E-state index contributed by atoms with van der Waals surface area (Å²) in [6.07, 6.45) is 1.43. The van der Waals surface area contributed by atoms with Crippen LogP contribution in [0.1, 0.15) is 32.7 Å². The molecule has 0 spiro atoms. The fourth-order valence-corrected chi connectivity index (χ4v) is 3.73. The maximum Gasteiger partial charge on any atom is 0.266 e. The number of fused-ring (bicyclic) bond motifs is 2. The van der Waals surface area contributed by atoms with Gasteiger partial charge < -0.3 is 4.74 Å². The van der Waals surface area contributed by atoms with Gasteiger partial charge in [-0.25, -0.2) is 4.90 Å². The SMILES string of the molecule is O=C1c2ccccc2C(=O)N1c1c(Cl)cc(Cl)c2c1CCCO2. The Morgan fingerprint density at radius 3 is 2.30 bits per heavy atom. The van der Waals surface area contributed by atoms with Crippen LogP contribution in [0.3, 0.4) is 0 Å². The van der Waals surface area contributed by atoms with E-state index in [9.17, 15) is 9.59 Å². The van der Waals surface area contributed by atoms with Crippen molar-refractivity contribution in [3.63, 3.8) is 0 Å². The summed E-state index contributed by atoms with van der Waals surface area (Å²) in [5, 5.41) is 0.666. The average Bonchev–Trinajstić information content (AvgIpc) is 2.81. The molecular weight excluding hydrogens is 337 g/mol. The summed E-state index contributed by atoms with van der Waals surface area (Å²) >= 11 is 12.5. The molecule has 23 heavy (non-hydrogen) atoms. The number of nitrogens with zero attached hydrogens (tertiary/aromatic N) is 1. The number of benzene rings is 2. The molecular formula is C17H11Cl2NO3. The maximum atomic E-state index is 12.7. The van der Waals surface area contributed by atoms with E-state index in [0.717, 1.165) is 11.3 Å². The van der Waals surface area contributed by atoms with E-state index in [2.05, 4.69) is 0 Å². The Kier molecular flexibility index (Phi) is 3.32. The standard InChI is InChI=1S/C17H11Cl2NO3/c18-12-8-13(19)15-11(6-3-7-23-15)14(12)20-16(21)9-4-1-2-5-10(9)17(20)22/h1-2,4-5,8H,3,6-7H2. The van der Waals surface area contributed by atoms with Crippen molar-refractivity contribution in [1.82, 2.24) is 0 Å². The number of imide groups is 1. The monoisotopic (exact) mass is 347 g/mol. The molecule has 0 fully saturated rings. The second-order valence-electron chi connectivity index (χ2n) is 5.44. The van der Waals surface area contributed by atoms with Crippen LogP contribution < -0.4 is 9.64 Å². The molecule has 4 nitrogen and oxygen atoms in total. The number of anilines is 1. The number of carbonyl (C=O) groups is 2. The first-order valence-electron chi connectivity index (χ1n) is 7.21. The van der Waals surface area contributed by atoms with Crippen LogP contribution in [0, 0.1) is 0 Å². The third-order valence-electron chi connectivity index (χ3n) is 4.09. The van der Waals surface area contributed by atoms with Crippen molar-refractivity contribution in [2.45, 2.75) is 12.8 Å². The molecule has 2 amide bonds. The first-order chi connectivity index (χ1) is 11.1. The quantitative estimate of drug-likeness (QED) is 0.729. The number of carbonyl (C=O) groups excluding carboxylic acids is 2. The van der Waals surface area contributed by atoms with Gasteiger partial charge in [0.15, 0.2) is 0 Å². The van der Waals surface area contributed by atoms with Crippen molar-refractivity contribution in [3.8, 4) is 5.75 Å². The van der Waals surface area contributed by atoms with Crippen LogP contribution in [0.4, 0.5) is 5.69 Å². The van der Waals surface area contributed by atoms with Crippen LogP contribution in [0.25, 0.3) is 0 Å². The summed E-state index contributed by atoms with van der Waals surface area (Å²) in [7, 11) is 0. The Morgan fingerprint density at radius 1 is 1.00 bits per heavy atom. The van der Waals surface area contributed by atoms with Crippen molar-refractivity contribution < 1.29 is 14.3 Å². The second kappa shape index (κ2) is 5.25. The fourth-order valence-electron chi connectivity index (χ4n) is 3.09. The molecule has 6 heteroatoms. The van der Waals surface area contributed by atoms with Crippen LogP contribution in [0.15, 0.2) is 30.3 Å². The van der Waals surface area contributed by atoms with E-state index in [0.29, 0.717) is 46.2 Å². The molecule has 2 heterocycles. The van der Waals surface area contributed by atoms with Crippen LogP contribution >= 0.6 is 23.2 Å². The van der Waals surface area contributed by atoms with Crippen LogP contribution in [-0.4, -0.2) is 18.4 Å². The minimum Gasteiger partial charge on any atom is -0.492 e. The van der Waals surface area contributed by atoms with E-state index >= 15 is 0 Å². The van der Waals surface area contributed by atoms with Gasteiger partial charge in [-0.15, -0.1) is 0 Å². The zero-order valence-corrected chi connectivity index (χ0v) is 13.4. The lowest BCUT2D eigenvalue weighted by Crippen LogP contribution is -2.31. The molecule has 0 unspecified atom stereocenters. The normalized spacial score (nSPS) is 16.2. The summed E-state index contributed by atoms with van der Waals surface area (Å²) in [6.45, 7) is 0.551. The van der Waals surface area contributed by atoms with E-state index in [-0.39, 0.29) is 16.8 Å². The summed E-state index contributed by atoms with van der Waals surface area (Å²) in [4.78, 5) is 26.5. The highest BCUT2D eigenvalue weighted by Gasteiger charge is 2.39. The number of hydrogen-bond acceptors (Lipinski definition) is 3. The summed E-state index contributed by atoms with van der Waals surface area (Å²) in [5.41, 5.74) is 1.86. The minimum atomic E-state index is -0.373. The molecule has 0 N–H and O–H groups in total. The van der Waals surface area contributed by atoms with E-state index < -0.39 is 0 Å². The van der Waals surface area contributed by atoms with Crippen LogP contribution in [-0.2, 0) is 6.42 Å². The first-order valence-corrected chi connectivity index (χ1v) is 7.96. The van der Waals surface area contributed by atoms with Gasteiger partial charge in [-0.3, -0.25) is 9.59 Å².